The lowest BCUT2D eigenvalue weighted by Gasteiger charge is -2.12. The quantitative estimate of drug-likeness (QED) is 0.693. The molecule has 1 aliphatic carbocycles. The molecule has 1 rings (SSSR count). The van der Waals surface area contributed by atoms with E-state index in [0.29, 0.717) is 6.42 Å². The number of hydrogen-bond acceptors (Lipinski definition) is 3. The molecule has 4 nitrogen and oxygen atoms in total. The molecule has 1 fully saturated rings. The van der Waals surface area contributed by atoms with Crippen molar-refractivity contribution >= 4 is 5.91 Å². The molecule has 0 aromatic rings. The first-order valence-electron chi connectivity index (χ1n) is 5.13. The SMILES string of the molecule is CCC(C#N)C(=O)NOC1CCCC1. The number of nitriles is 1. The maximum absolute atomic E-state index is 11.3. The molecule has 78 valence electrons. The Morgan fingerprint density at radius 1 is 1.64 bits per heavy atom. The minimum atomic E-state index is -0.587. The van der Waals surface area contributed by atoms with Crippen molar-refractivity contribution in [2.75, 3.05) is 0 Å². The van der Waals surface area contributed by atoms with Crippen molar-refractivity contribution in [2.24, 2.45) is 5.92 Å². The standard InChI is InChI=1S/C10H16N2O2/c1-2-8(7-11)10(13)12-14-9-5-3-4-6-9/h8-9H,2-6H2,1H3,(H,12,13). The van der Waals surface area contributed by atoms with E-state index in [9.17, 15) is 4.79 Å². The smallest absolute Gasteiger partial charge is 0.260 e. The largest absolute Gasteiger partial charge is 0.271 e. The maximum atomic E-state index is 11.3. The Bertz CT molecular complexity index is 229. The Balaban J connectivity index is 2.23. The number of rotatable bonds is 4. The molecule has 1 atom stereocenters. The fourth-order valence-corrected chi connectivity index (χ4v) is 1.55. The number of hydrogen-bond donors (Lipinski definition) is 1. The fourth-order valence-electron chi connectivity index (χ4n) is 1.55. The van der Waals surface area contributed by atoms with Gasteiger partial charge in [-0.1, -0.05) is 19.8 Å². The molecule has 0 aromatic carbocycles. The highest BCUT2D eigenvalue weighted by molar-refractivity contribution is 5.79. The van der Waals surface area contributed by atoms with Crippen LogP contribution in [-0.2, 0) is 9.63 Å². The lowest BCUT2D eigenvalue weighted by Crippen LogP contribution is -2.32. The van der Waals surface area contributed by atoms with Crippen LogP contribution in [0.15, 0.2) is 0 Å². The average molecular weight is 196 g/mol. The monoisotopic (exact) mass is 196 g/mol. The highest BCUT2D eigenvalue weighted by Crippen LogP contribution is 2.19. The summed E-state index contributed by atoms with van der Waals surface area (Å²) in [6.45, 7) is 1.81. The van der Waals surface area contributed by atoms with Gasteiger partial charge in [0.25, 0.3) is 5.91 Å². The van der Waals surface area contributed by atoms with Gasteiger partial charge in [-0.15, -0.1) is 0 Å². The summed E-state index contributed by atoms with van der Waals surface area (Å²) in [6, 6.07) is 1.93. The summed E-state index contributed by atoms with van der Waals surface area (Å²) in [7, 11) is 0. The zero-order valence-electron chi connectivity index (χ0n) is 8.45. The van der Waals surface area contributed by atoms with E-state index in [-0.39, 0.29) is 12.0 Å². The van der Waals surface area contributed by atoms with Gasteiger partial charge in [0.05, 0.1) is 12.2 Å². The van der Waals surface area contributed by atoms with Crippen LogP contribution in [0.2, 0.25) is 0 Å². The molecule has 0 aromatic heterocycles. The molecule has 14 heavy (non-hydrogen) atoms. The Morgan fingerprint density at radius 2 is 2.29 bits per heavy atom. The van der Waals surface area contributed by atoms with Crippen molar-refractivity contribution in [3.05, 3.63) is 0 Å². The number of nitrogens with one attached hydrogen (secondary N) is 1. The molecular formula is C10H16N2O2. The fraction of sp³-hybridized carbons (Fsp3) is 0.800. The second-order valence-electron chi connectivity index (χ2n) is 3.58. The van der Waals surface area contributed by atoms with Crippen molar-refractivity contribution in [1.29, 1.82) is 5.26 Å². The van der Waals surface area contributed by atoms with E-state index in [0.717, 1.165) is 25.7 Å². The first-order chi connectivity index (χ1) is 6.77. The molecule has 0 heterocycles. The van der Waals surface area contributed by atoms with E-state index in [1.165, 1.54) is 0 Å². The van der Waals surface area contributed by atoms with Crippen molar-refractivity contribution in [2.45, 2.75) is 45.1 Å². The number of carbonyl (C=O) groups is 1. The van der Waals surface area contributed by atoms with Crippen LogP contribution in [0.1, 0.15) is 39.0 Å². The molecule has 0 radical (unpaired) electrons. The number of nitrogens with zero attached hydrogens (tertiary/aromatic N) is 1. The molecule has 1 N–H and O–H groups in total. The predicted octanol–water partition coefficient (Wildman–Crippen LogP) is 1.53. The lowest BCUT2D eigenvalue weighted by atomic mass is 10.1. The second kappa shape index (κ2) is 5.61. The normalized spacial score (nSPS) is 18.9. The molecule has 4 heteroatoms. The van der Waals surface area contributed by atoms with Crippen LogP contribution in [0, 0.1) is 17.2 Å². The summed E-state index contributed by atoms with van der Waals surface area (Å²) in [5.74, 6) is -0.904. The molecule has 0 spiro atoms. The Kier molecular flexibility index (Phi) is 4.41. The zero-order chi connectivity index (χ0) is 10.4. The van der Waals surface area contributed by atoms with Gasteiger partial charge in [-0.05, 0) is 19.3 Å². The number of carbonyl (C=O) groups excluding carboxylic acids is 1. The Labute approximate surface area is 84.2 Å². The summed E-state index contributed by atoms with van der Waals surface area (Å²) in [4.78, 5) is 16.5. The molecule has 1 aliphatic rings. The molecule has 1 unspecified atom stereocenters. The molecular weight excluding hydrogens is 180 g/mol. The zero-order valence-corrected chi connectivity index (χ0v) is 8.45. The van der Waals surface area contributed by atoms with Crippen LogP contribution in [0.4, 0.5) is 0 Å². The summed E-state index contributed by atoms with van der Waals surface area (Å²) in [5.41, 5.74) is 2.37. The van der Waals surface area contributed by atoms with Gasteiger partial charge < -0.3 is 0 Å². The van der Waals surface area contributed by atoms with E-state index in [4.69, 9.17) is 10.1 Å². The maximum Gasteiger partial charge on any atom is 0.260 e. The third-order valence-corrected chi connectivity index (χ3v) is 2.51. The minimum absolute atomic E-state index is 0.148. The van der Waals surface area contributed by atoms with Gasteiger partial charge in [-0.2, -0.15) is 5.26 Å². The number of hydroxylamine groups is 1. The minimum Gasteiger partial charge on any atom is -0.271 e. The van der Waals surface area contributed by atoms with E-state index in [2.05, 4.69) is 5.48 Å². The van der Waals surface area contributed by atoms with Crippen LogP contribution in [0.5, 0.6) is 0 Å². The Morgan fingerprint density at radius 3 is 2.79 bits per heavy atom. The van der Waals surface area contributed by atoms with E-state index in [1.807, 2.05) is 13.0 Å². The highest BCUT2D eigenvalue weighted by atomic mass is 16.7. The van der Waals surface area contributed by atoms with E-state index >= 15 is 0 Å². The van der Waals surface area contributed by atoms with E-state index < -0.39 is 5.92 Å². The number of amides is 1. The van der Waals surface area contributed by atoms with Crippen LogP contribution >= 0.6 is 0 Å². The third kappa shape index (κ3) is 3.00. The highest BCUT2D eigenvalue weighted by Gasteiger charge is 2.20. The van der Waals surface area contributed by atoms with Gasteiger partial charge in [0.15, 0.2) is 0 Å². The van der Waals surface area contributed by atoms with E-state index in [1.54, 1.807) is 0 Å². The van der Waals surface area contributed by atoms with Crippen molar-refractivity contribution in [3.63, 3.8) is 0 Å². The third-order valence-electron chi connectivity index (χ3n) is 2.51. The summed E-state index contributed by atoms with van der Waals surface area (Å²) in [6.07, 6.45) is 5.01. The summed E-state index contributed by atoms with van der Waals surface area (Å²) in [5, 5.41) is 8.62. The van der Waals surface area contributed by atoms with Gasteiger partial charge in [-0.25, -0.2) is 5.48 Å². The molecule has 1 saturated carbocycles. The topological polar surface area (TPSA) is 62.1 Å². The first-order valence-corrected chi connectivity index (χ1v) is 5.13. The van der Waals surface area contributed by atoms with Gasteiger partial charge in [0.1, 0.15) is 5.92 Å². The molecule has 0 saturated heterocycles. The van der Waals surface area contributed by atoms with Gasteiger partial charge in [-0.3, -0.25) is 9.63 Å². The average Bonchev–Trinajstić information content (AvgIpc) is 2.69. The molecule has 0 aliphatic heterocycles. The van der Waals surface area contributed by atoms with Crippen LogP contribution < -0.4 is 5.48 Å². The first kappa shape index (κ1) is 11.0. The van der Waals surface area contributed by atoms with Crippen molar-refractivity contribution in [1.82, 2.24) is 5.48 Å². The van der Waals surface area contributed by atoms with Crippen molar-refractivity contribution in [3.8, 4) is 6.07 Å². The summed E-state index contributed by atoms with van der Waals surface area (Å²) >= 11 is 0. The predicted molar refractivity (Wildman–Crippen MR) is 50.9 cm³/mol. The lowest BCUT2D eigenvalue weighted by molar-refractivity contribution is -0.140. The van der Waals surface area contributed by atoms with Crippen LogP contribution in [-0.4, -0.2) is 12.0 Å². The second-order valence-corrected chi connectivity index (χ2v) is 3.58. The van der Waals surface area contributed by atoms with Gasteiger partial charge >= 0.3 is 0 Å². The van der Waals surface area contributed by atoms with Crippen LogP contribution in [0.25, 0.3) is 0 Å². The Hall–Kier alpha value is -1.08. The molecule has 1 amide bonds. The summed E-state index contributed by atoms with van der Waals surface area (Å²) < 4.78 is 0. The van der Waals surface area contributed by atoms with Crippen LogP contribution in [0.3, 0.4) is 0 Å². The molecule has 0 bridgehead atoms. The van der Waals surface area contributed by atoms with Crippen molar-refractivity contribution < 1.29 is 9.63 Å². The van der Waals surface area contributed by atoms with Gasteiger partial charge in [0, 0.05) is 0 Å². The van der Waals surface area contributed by atoms with Gasteiger partial charge in [0.2, 0.25) is 0 Å².